The molecule has 1 amide bonds. The number of rotatable bonds is 8. The van der Waals surface area contributed by atoms with Crippen LogP contribution < -0.4 is 20.1 Å². The maximum atomic E-state index is 12.2. The fourth-order valence-corrected chi connectivity index (χ4v) is 2.53. The molecule has 2 N–H and O–H groups in total. The summed E-state index contributed by atoms with van der Waals surface area (Å²) in [5, 5.41) is 15.2. The van der Waals surface area contributed by atoms with E-state index >= 15 is 0 Å². The molecule has 0 saturated carbocycles. The van der Waals surface area contributed by atoms with Crippen molar-refractivity contribution in [2.24, 2.45) is 0 Å². The fourth-order valence-electron chi connectivity index (χ4n) is 2.27. The Bertz CT molecular complexity index is 858. The van der Waals surface area contributed by atoms with Crippen molar-refractivity contribution in [3.63, 3.8) is 0 Å². The van der Waals surface area contributed by atoms with Gasteiger partial charge in [-0.1, -0.05) is 23.7 Å². The molecule has 0 unspecified atom stereocenters. The summed E-state index contributed by atoms with van der Waals surface area (Å²) >= 11 is 6.03. The van der Waals surface area contributed by atoms with Crippen LogP contribution in [-0.2, 0) is 11.2 Å². The van der Waals surface area contributed by atoms with Gasteiger partial charge >= 0.3 is 0 Å². The summed E-state index contributed by atoms with van der Waals surface area (Å²) in [5.74, 6) is 0.787. The number of anilines is 1. The Kier molecular flexibility index (Phi) is 7.53. The van der Waals surface area contributed by atoms with Crippen molar-refractivity contribution in [3.8, 4) is 17.6 Å². The molecule has 0 aliphatic heterocycles. The van der Waals surface area contributed by atoms with Gasteiger partial charge in [-0.25, -0.2) is 0 Å². The summed E-state index contributed by atoms with van der Waals surface area (Å²) < 4.78 is 10.2. The summed E-state index contributed by atoms with van der Waals surface area (Å²) in [6, 6.07) is 14.4. The van der Waals surface area contributed by atoms with Crippen molar-refractivity contribution in [1.82, 2.24) is 5.32 Å². The first kappa shape index (κ1) is 20.1. The summed E-state index contributed by atoms with van der Waals surface area (Å²) in [5.41, 5.74) is 1.56. The number of carbonyl (C=O) groups excluding carboxylic acids is 1. The Labute approximate surface area is 163 Å². The van der Waals surface area contributed by atoms with Crippen molar-refractivity contribution < 1.29 is 14.3 Å². The van der Waals surface area contributed by atoms with E-state index in [1.54, 1.807) is 25.3 Å². The number of nitrogens with zero attached hydrogens (tertiary/aromatic N) is 1. The van der Waals surface area contributed by atoms with E-state index < -0.39 is 5.91 Å². The van der Waals surface area contributed by atoms with E-state index in [0.29, 0.717) is 23.0 Å². The van der Waals surface area contributed by atoms with Gasteiger partial charge in [0.05, 0.1) is 19.2 Å². The van der Waals surface area contributed by atoms with E-state index in [-0.39, 0.29) is 5.57 Å². The molecule has 0 aliphatic rings. The third-order valence-corrected chi connectivity index (χ3v) is 4.03. The van der Waals surface area contributed by atoms with Crippen LogP contribution in [0.2, 0.25) is 5.02 Å². The normalized spacial score (nSPS) is 10.7. The lowest BCUT2D eigenvalue weighted by molar-refractivity contribution is -0.112. The van der Waals surface area contributed by atoms with Gasteiger partial charge in [-0.3, -0.25) is 4.79 Å². The molecule has 0 saturated heterocycles. The minimum atomic E-state index is -0.518. The molecule has 0 aromatic heterocycles. The molecule has 2 aromatic rings. The summed E-state index contributed by atoms with van der Waals surface area (Å²) in [4.78, 5) is 12.2. The van der Waals surface area contributed by atoms with Crippen molar-refractivity contribution in [2.45, 2.75) is 6.42 Å². The average Bonchev–Trinajstić information content (AvgIpc) is 2.68. The van der Waals surface area contributed by atoms with E-state index in [9.17, 15) is 10.1 Å². The van der Waals surface area contributed by atoms with Gasteiger partial charge < -0.3 is 20.1 Å². The largest absolute Gasteiger partial charge is 0.497 e. The molecule has 2 aromatic carbocycles. The number of methoxy groups -OCH3 is 2. The van der Waals surface area contributed by atoms with Crippen LogP contribution in [-0.4, -0.2) is 26.7 Å². The highest BCUT2D eigenvalue weighted by Crippen LogP contribution is 2.27. The van der Waals surface area contributed by atoms with Gasteiger partial charge in [-0.2, -0.15) is 5.26 Å². The van der Waals surface area contributed by atoms with Gasteiger partial charge in [-0.15, -0.1) is 0 Å². The third-order valence-electron chi connectivity index (χ3n) is 3.74. The highest BCUT2D eigenvalue weighted by molar-refractivity contribution is 6.32. The highest BCUT2D eigenvalue weighted by atomic mass is 35.5. The van der Waals surface area contributed by atoms with Crippen LogP contribution in [0.25, 0.3) is 0 Å². The molecule has 0 heterocycles. The first-order chi connectivity index (χ1) is 13.1. The fraction of sp³-hybridized carbons (Fsp3) is 0.200. The second-order valence-electron chi connectivity index (χ2n) is 5.53. The highest BCUT2D eigenvalue weighted by Gasteiger charge is 2.10. The standard InChI is InChI=1S/C20H20ClN3O3/c1-26-17-6-3-14(4-7-17)9-10-23-13-15(12-22)20(25)24-16-5-8-19(27-2)18(21)11-16/h3-8,11,13,23H,9-10H2,1-2H3,(H,24,25)/b15-13-. The van der Waals surface area contributed by atoms with Gasteiger partial charge in [0.25, 0.3) is 5.91 Å². The maximum Gasteiger partial charge on any atom is 0.267 e. The van der Waals surface area contributed by atoms with Gasteiger partial charge in [0.15, 0.2) is 0 Å². The molecule has 0 spiro atoms. The van der Waals surface area contributed by atoms with Crippen molar-refractivity contribution in [1.29, 1.82) is 5.26 Å². The lowest BCUT2D eigenvalue weighted by atomic mass is 10.1. The number of benzene rings is 2. The number of amides is 1. The van der Waals surface area contributed by atoms with Gasteiger partial charge in [0, 0.05) is 18.4 Å². The zero-order valence-electron chi connectivity index (χ0n) is 15.1. The molecule has 0 atom stereocenters. The van der Waals surface area contributed by atoms with Gasteiger partial charge in [0.2, 0.25) is 0 Å². The smallest absolute Gasteiger partial charge is 0.267 e. The Hall–Kier alpha value is -3.17. The van der Waals surface area contributed by atoms with E-state index in [1.165, 1.54) is 13.3 Å². The molecule has 0 aliphatic carbocycles. The number of ether oxygens (including phenoxy) is 2. The Balaban J connectivity index is 1.89. The second kappa shape index (κ2) is 10.1. The molecule has 0 fully saturated rings. The Morgan fingerprint density at radius 2 is 1.93 bits per heavy atom. The number of halogens is 1. The quantitative estimate of drug-likeness (QED) is 0.412. The molecule has 27 heavy (non-hydrogen) atoms. The number of hydrogen-bond acceptors (Lipinski definition) is 5. The zero-order valence-corrected chi connectivity index (χ0v) is 15.8. The molecule has 140 valence electrons. The number of hydrogen-bond donors (Lipinski definition) is 2. The lowest BCUT2D eigenvalue weighted by Crippen LogP contribution is -2.18. The summed E-state index contributed by atoms with van der Waals surface area (Å²) in [7, 11) is 3.13. The molecular weight excluding hydrogens is 366 g/mol. The van der Waals surface area contributed by atoms with E-state index in [1.807, 2.05) is 30.3 Å². The molecule has 0 radical (unpaired) electrons. The first-order valence-electron chi connectivity index (χ1n) is 8.19. The SMILES string of the molecule is COc1ccc(CCN/C=C(/C#N)C(=O)Nc2ccc(OC)c(Cl)c2)cc1. The monoisotopic (exact) mass is 385 g/mol. The van der Waals surface area contributed by atoms with Crippen molar-refractivity contribution in [2.75, 3.05) is 26.1 Å². The minimum absolute atomic E-state index is 0.0309. The topological polar surface area (TPSA) is 83.4 Å². The van der Waals surface area contributed by atoms with Crippen molar-refractivity contribution >= 4 is 23.2 Å². The lowest BCUT2D eigenvalue weighted by Gasteiger charge is -2.08. The third kappa shape index (κ3) is 5.94. The van der Waals surface area contributed by atoms with Crippen molar-refractivity contribution in [3.05, 3.63) is 64.8 Å². The predicted octanol–water partition coefficient (Wildman–Crippen LogP) is 3.54. The van der Waals surface area contributed by atoms with E-state index in [0.717, 1.165) is 17.7 Å². The Morgan fingerprint density at radius 3 is 2.52 bits per heavy atom. The Morgan fingerprint density at radius 1 is 1.19 bits per heavy atom. The zero-order chi connectivity index (χ0) is 19.6. The maximum absolute atomic E-state index is 12.2. The van der Waals surface area contributed by atoms with Gasteiger partial charge in [-0.05, 0) is 42.3 Å². The first-order valence-corrected chi connectivity index (χ1v) is 8.56. The van der Waals surface area contributed by atoms with Crippen LogP contribution in [0.4, 0.5) is 5.69 Å². The molecule has 7 heteroatoms. The van der Waals surface area contributed by atoms with E-state index in [4.69, 9.17) is 21.1 Å². The van der Waals surface area contributed by atoms with Crippen LogP contribution in [0.1, 0.15) is 5.56 Å². The van der Waals surface area contributed by atoms with E-state index in [2.05, 4.69) is 10.6 Å². The number of nitrogens with one attached hydrogen (secondary N) is 2. The van der Waals surface area contributed by atoms with Crippen LogP contribution in [0, 0.1) is 11.3 Å². The predicted molar refractivity (Wildman–Crippen MR) is 105 cm³/mol. The minimum Gasteiger partial charge on any atom is -0.497 e. The van der Waals surface area contributed by atoms with Crippen LogP contribution in [0.5, 0.6) is 11.5 Å². The summed E-state index contributed by atoms with van der Waals surface area (Å²) in [6.07, 6.45) is 2.15. The number of carbonyl (C=O) groups is 1. The molecule has 2 rings (SSSR count). The molecule has 6 nitrogen and oxygen atoms in total. The van der Waals surface area contributed by atoms with Crippen LogP contribution in [0.3, 0.4) is 0 Å². The summed E-state index contributed by atoms with van der Waals surface area (Å²) in [6.45, 7) is 0.582. The van der Waals surface area contributed by atoms with Gasteiger partial charge in [0.1, 0.15) is 23.1 Å². The average molecular weight is 386 g/mol. The van der Waals surface area contributed by atoms with Crippen LogP contribution >= 0.6 is 11.6 Å². The molecular formula is C20H20ClN3O3. The number of nitriles is 1. The van der Waals surface area contributed by atoms with Crippen LogP contribution in [0.15, 0.2) is 54.2 Å². The molecule has 0 bridgehead atoms. The second-order valence-corrected chi connectivity index (χ2v) is 5.93.